The van der Waals surface area contributed by atoms with Crippen molar-refractivity contribution in [1.29, 1.82) is 0 Å². The molecule has 0 spiro atoms. The van der Waals surface area contributed by atoms with Crippen LogP contribution in [0.25, 0.3) is 0 Å². The molecule has 1 amide bonds. The number of likely N-dealkylation sites (N-methyl/N-ethyl adjacent to an activating group) is 1. The van der Waals surface area contributed by atoms with Gasteiger partial charge >= 0.3 is 0 Å². The van der Waals surface area contributed by atoms with Gasteiger partial charge < -0.3 is 15.2 Å². The predicted molar refractivity (Wildman–Crippen MR) is 84.9 cm³/mol. The van der Waals surface area contributed by atoms with E-state index < -0.39 is 6.10 Å². The van der Waals surface area contributed by atoms with Crippen molar-refractivity contribution in [3.63, 3.8) is 0 Å². The number of hydrogen-bond acceptors (Lipinski definition) is 4. The minimum absolute atomic E-state index is 0.170. The van der Waals surface area contributed by atoms with Gasteiger partial charge in [0.25, 0.3) is 0 Å². The molecule has 0 aromatic heterocycles. The highest BCUT2D eigenvalue weighted by Crippen LogP contribution is 2.27. The summed E-state index contributed by atoms with van der Waals surface area (Å²) in [5.74, 6) is -0.170. The molecule has 21 heavy (non-hydrogen) atoms. The van der Waals surface area contributed by atoms with Gasteiger partial charge in [0.15, 0.2) is 0 Å². The van der Waals surface area contributed by atoms with Crippen LogP contribution in [-0.4, -0.2) is 55.9 Å². The van der Waals surface area contributed by atoms with Crippen LogP contribution < -0.4 is 5.32 Å². The van der Waals surface area contributed by atoms with Gasteiger partial charge in [0.1, 0.15) is 0 Å². The van der Waals surface area contributed by atoms with E-state index in [1.54, 1.807) is 11.9 Å². The lowest BCUT2D eigenvalue weighted by atomic mass is 10.1. The van der Waals surface area contributed by atoms with Gasteiger partial charge in [-0.25, -0.2) is 0 Å². The Hall–Kier alpha value is -1.14. The molecule has 1 aromatic rings. The number of methoxy groups -OCH3 is 1. The maximum atomic E-state index is 12.0. The Morgan fingerprint density at radius 1 is 1.48 bits per heavy atom. The molecular weight excluding hydrogens is 292 g/mol. The van der Waals surface area contributed by atoms with E-state index in [0.717, 1.165) is 11.1 Å². The summed E-state index contributed by atoms with van der Waals surface area (Å²) in [7, 11) is 3.29. The topological polar surface area (TPSA) is 61.8 Å². The fourth-order valence-corrected chi connectivity index (χ4v) is 2.54. The van der Waals surface area contributed by atoms with Gasteiger partial charge in [0.05, 0.1) is 30.0 Å². The number of hydrogen-bond donors (Lipinski definition) is 2. The Labute approximate surface area is 130 Å². The van der Waals surface area contributed by atoms with Crippen LogP contribution in [-0.2, 0) is 9.53 Å². The van der Waals surface area contributed by atoms with Crippen LogP contribution in [0, 0.1) is 13.8 Å². The quantitative estimate of drug-likeness (QED) is 0.806. The minimum atomic E-state index is -0.613. The number of anilines is 1. The van der Waals surface area contributed by atoms with E-state index in [1.165, 1.54) is 7.11 Å². The average molecular weight is 315 g/mol. The summed E-state index contributed by atoms with van der Waals surface area (Å²) < 4.78 is 4.85. The second-order valence-electron chi connectivity index (χ2n) is 5.29. The molecule has 0 aliphatic rings. The molecule has 0 saturated carbocycles. The molecule has 0 aliphatic carbocycles. The summed E-state index contributed by atoms with van der Waals surface area (Å²) in [5.41, 5.74) is 2.61. The number of carbonyl (C=O) groups excluding carboxylic acids is 1. The van der Waals surface area contributed by atoms with Gasteiger partial charge in [0.2, 0.25) is 5.91 Å². The van der Waals surface area contributed by atoms with E-state index in [2.05, 4.69) is 5.32 Å². The molecule has 6 heteroatoms. The molecule has 0 bridgehead atoms. The third kappa shape index (κ3) is 6.01. The fraction of sp³-hybridized carbons (Fsp3) is 0.533. The molecule has 0 radical (unpaired) electrons. The number of nitrogens with one attached hydrogen (secondary N) is 1. The first-order chi connectivity index (χ1) is 9.83. The number of ether oxygens (including phenoxy) is 1. The van der Waals surface area contributed by atoms with Crippen molar-refractivity contribution in [2.45, 2.75) is 20.0 Å². The van der Waals surface area contributed by atoms with Crippen molar-refractivity contribution in [2.24, 2.45) is 0 Å². The highest BCUT2D eigenvalue weighted by molar-refractivity contribution is 6.34. The average Bonchev–Trinajstić information content (AvgIpc) is 2.33. The highest BCUT2D eigenvalue weighted by atomic mass is 35.5. The van der Waals surface area contributed by atoms with Crippen molar-refractivity contribution in [3.8, 4) is 0 Å². The number of benzene rings is 1. The summed E-state index contributed by atoms with van der Waals surface area (Å²) in [4.78, 5) is 13.8. The van der Waals surface area contributed by atoms with Crippen molar-refractivity contribution >= 4 is 23.2 Å². The van der Waals surface area contributed by atoms with E-state index in [9.17, 15) is 9.90 Å². The first-order valence-corrected chi connectivity index (χ1v) is 7.13. The number of carbonyl (C=O) groups is 1. The molecule has 2 N–H and O–H groups in total. The molecule has 1 aromatic carbocycles. The molecule has 1 unspecified atom stereocenters. The highest BCUT2D eigenvalue weighted by Gasteiger charge is 2.14. The van der Waals surface area contributed by atoms with Crippen LogP contribution >= 0.6 is 11.6 Å². The van der Waals surface area contributed by atoms with Crippen LogP contribution in [0.2, 0.25) is 5.02 Å². The Bertz CT molecular complexity index is 471. The van der Waals surface area contributed by atoms with Crippen molar-refractivity contribution in [2.75, 3.05) is 39.2 Å². The lowest BCUT2D eigenvalue weighted by Gasteiger charge is -2.20. The molecular formula is C15H23ClN2O3. The standard InChI is InChI=1S/C15H23ClN2O3/c1-10-5-11(2)15(13(16)6-10)17-14(20)8-18(3)7-12(19)9-21-4/h5-6,12,19H,7-9H2,1-4H3,(H,17,20). The molecule has 0 heterocycles. The van der Waals surface area contributed by atoms with Crippen LogP contribution in [0.4, 0.5) is 5.69 Å². The van der Waals surface area contributed by atoms with E-state index in [0.29, 0.717) is 17.3 Å². The van der Waals surface area contributed by atoms with E-state index in [1.807, 2.05) is 26.0 Å². The molecule has 0 saturated heterocycles. The first-order valence-electron chi connectivity index (χ1n) is 6.75. The summed E-state index contributed by atoms with van der Waals surface area (Å²) in [5, 5.41) is 13.0. The normalized spacial score (nSPS) is 12.5. The minimum Gasteiger partial charge on any atom is -0.389 e. The van der Waals surface area contributed by atoms with Gasteiger partial charge in [0, 0.05) is 13.7 Å². The summed E-state index contributed by atoms with van der Waals surface area (Å²) >= 11 is 6.16. The van der Waals surface area contributed by atoms with Gasteiger partial charge in [-0.3, -0.25) is 9.69 Å². The maximum Gasteiger partial charge on any atom is 0.238 e. The van der Waals surface area contributed by atoms with Gasteiger partial charge in [-0.15, -0.1) is 0 Å². The number of aliphatic hydroxyl groups excluding tert-OH is 1. The van der Waals surface area contributed by atoms with Gasteiger partial charge in [-0.05, 0) is 38.1 Å². The summed E-state index contributed by atoms with van der Waals surface area (Å²) in [6.45, 7) is 4.64. The fourth-order valence-electron chi connectivity index (χ4n) is 2.17. The largest absolute Gasteiger partial charge is 0.389 e. The number of nitrogens with zero attached hydrogens (tertiary/aromatic N) is 1. The molecule has 118 valence electrons. The monoisotopic (exact) mass is 314 g/mol. The zero-order valence-electron chi connectivity index (χ0n) is 12.9. The molecule has 0 aliphatic heterocycles. The lowest BCUT2D eigenvalue weighted by molar-refractivity contribution is -0.117. The van der Waals surface area contributed by atoms with Crippen LogP contribution in [0.1, 0.15) is 11.1 Å². The number of aliphatic hydroxyl groups is 1. The maximum absolute atomic E-state index is 12.0. The second kappa shape index (κ2) is 8.34. The predicted octanol–water partition coefficient (Wildman–Crippen LogP) is 1.83. The zero-order chi connectivity index (χ0) is 16.0. The number of amides is 1. The number of halogens is 1. The Morgan fingerprint density at radius 3 is 2.71 bits per heavy atom. The molecule has 1 atom stereocenters. The molecule has 1 rings (SSSR count). The third-order valence-electron chi connectivity index (χ3n) is 2.99. The van der Waals surface area contributed by atoms with Crippen molar-refractivity contribution in [3.05, 3.63) is 28.3 Å². The van der Waals surface area contributed by atoms with Crippen LogP contribution in [0.5, 0.6) is 0 Å². The Kier molecular flexibility index (Phi) is 7.11. The van der Waals surface area contributed by atoms with E-state index >= 15 is 0 Å². The van der Waals surface area contributed by atoms with E-state index in [-0.39, 0.29) is 19.1 Å². The number of aryl methyl sites for hydroxylation is 2. The van der Waals surface area contributed by atoms with E-state index in [4.69, 9.17) is 16.3 Å². The first kappa shape index (κ1) is 17.9. The summed E-state index contributed by atoms with van der Waals surface area (Å²) in [6.07, 6.45) is -0.613. The lowest BCUT2D eigenvalue weighted by Crippen LogP contribution is -2.37. The van der Waals surface area contributed by atoms with Crippen molar-refractivity contribution < 1.29 is 14.6 Å². The number of rotatable bonds is 7. The second-order valence-corrected chi connectivity index (χ2v) is 5.70. The molecule has 5 nitrogen and oxygen atoms in total. The molecule has 0 fully saturated rings. The SMILES string of the molecule is COCC(O)CN(C)CC(=O)Nc1c(C)cc(C)cc1Cl. The third-order valence-corrected chi connectivity index (χ3v) is 3.29. The van der Waals surface area contributed by atoms with Crippen LogP contribution in [0.3, 0.4) is 0 Å². The van der Waals surface area contributed by atoms with Gasteiger partial charge in [-0.2, -0.15) is 0 Å². The zero-order valence-corrected chi connectivity index (χ0v) is 13.7. The smallest absolute Gasteiger partial charge is 0.238 e. The summed E-state index contributed by atoms with van der Waals surface area (Å²) in [6, 6.07) is 3.78. The van der Waals surface area contributed by atoms with Crippen LogP contribution in [0.15, 0.2) is 12.1 Å². The Morgan fingerprint density at radius 2 is 2.14 bits per heavy atom. The van der Waals surface area contributed by atoms with Gasteiger partial charge in [-0.1, -0.05) is 17.7 Å². The van der Waals surface area contributed by atoms with Crippen molar-refractivity contribution in [1.82, 2.24) is 4.90 Å². The Balaban J connectivity index is 2.58.